The van der Waals surface area contributed by atoms with Crippen molar-refractivity contribution < 1.29 is 17.9 Å². The van der Waals surface area contributed by atoms with Crippen LogP contribution in [0.1, 0.15) is 18.9 Å². The van der Waals surface area contributed by atoms with Gasteiger partial charge in [0.1, 0.15) is 5.82 Å². The van der Waals surface area contributed by atoms with E-state index in [4.69, 9.17) is 28.9 Å². The molecule has 1 aliphatic heterocycles. The van der Waals surface area contributed by atoms with Crippen molar-refractivity contribution in [3.63, 3.8) is 0 Å². The molecule has 1 aliphatic rings. The van der Waals surface area contributed by atoms with Gasteiger partial charge in [0.15, 0.2) is 9.84 Å². The third-order valence-corrected chi connectivity index (χ3v) is 6.77. The van der Waals surface area contributed by atoms with Crippen molar-refractivity contribution in [1.82, 2.24) is 0 Å². The van der Waals surface area contributed by atoms with Gasteiger partial charge in [0.05, 0.1) is 22.1 Å². The summed E-state index contributed by atoms with van der Waals surface area (Å²) in [6.07, 6.45) is 0.194. The minimum absolute atomic E-state index is 0.0557. The number of aliphatic hydroxyl groups is 1. The number of rotatable bonds is 3. The Balaban J connectivity index is 2.58. The van der Waals surface area contributed by atoms with Gasteiger partial charge in [-0.1, -0.05) is 23.2 Å². The molecule has 3 N–H and O–H groups in total. The average molecular weight is 356 g/mol. The molecule has 1 fully saturated rings. The highest BCUT2D eigenvalue weighted by atomic mass is 35.5. The van der Waals surface area contributed by atoms with Crippen LogP contribution in [0.15, 0.2) is 12.1 Å². The van der Waals surface area contributed by atoms with E-state index in [0.717, 1.165) is 6.07 Å². The number of sulfone groups is 1. The topological polar surface area (TPSA) is 80.4 Å². The zero-order valence-corrected chi connectivity index (χ0v) is 13.7. The van der Waals surface area contributed by atoms with E-state index in [1.807, 2.05) is 0 Å². The highest BCUT2D eigenvalue weighted by Gasteiger charge is 2.54. The van der Waals surface area contributed by atoms with Crippen LogP contribution >= 0.6 is 23.2 Å². The molecule has 0 saturated carbocycles. The monoisotopic (exact) mass is 355 g/mol. The smallest absolute Gasteiger partial charge is 0.151 e. The molecule has 118 valence electrons. The van der Waals surface area contributed by atoms with Gasteiger partial charge in [0.2, 0.25) is 0 Å². The molecule has 1 heterocycles. The van der Waals surface area contributed by atoms with Crippen LogP contribution in [0.25, 0.3) is 0 Å². The van der Waals surface area contributed by atoms with E-state index in [9.17, 15) is 17.9 Å². The summed E-state index contributed by atoms with van der Waals surface area (Å²) >= 11 is 11.7. The average Bonchev–Trinajstić information content (AvgIpc) is 2.71. The SMILES string of the molecule is CC(O)(c1cc(F)c(Cl)cc1Cl)C1(CN)CCS(=O)(=O)C1. The summed E-state index contributed by atoms with van der Waals surface area (Å²) in [5, 5.41) is 10.8. The molecular formula is C13H16Cl2FNO3S. The molecule has 21 heavy (non-hydrogen) atoms. The highest BCUT2D eigenvalue weighted by Crippen LogP contribution is 2.49. The van der Waals surface area contributed by atoms with Crippen LogP contribution in [0.3, 0.4) is 0 Å². The molecule has 4 nitrogen and oxygen atoms in total. The lowest BCUT2D eigenvalue weighted by atomic mass is 9.69. The van der Waals surface area contributed by atoms with E-state index in [1.165, 1.54) is 13.0 Å². The second-order valence-corrected chi connectivity index (χ2v) is 8.64. The van der Waals surface area contributed by atoms with Crippen molar-refractivity contribution in [2.75, 3.05) is 18.1 Å². The molecule has 1 aromatic rings. The van der Waals surface area contributed by atoms with Gasteiger partial charge in [-0.05, 0) is 25.5 Å². The molecule has 0 bridgehead atoms. The summed E-state index contributed by atoms with van der Waals surface area (Å²) in [7, 11) is -3.29. The number of hydrogen-bond acceptors (Lipinski definition) is 4. The van der Waals surface area contributed by atoms with Crippen LogP contribution in [0, 0.1) is 11.2 Å². The Labute approximate surface area is 133 Å². The van der Waals surface area contributed by atoms with Gasteiger partial charge < -0.3 is 10.8 Å². The minimum atomic E-state index is -3.29. The summed E-state index contributed by atoms with van der Waals surface area (Å²) in [5.74, 6) is -1.05. The van der Waals surface area contributed by atoms with E-state index in [0.29, 0.717) is 0 Å². The van der Waals surface area contributed by atoms with E-state index < -0.39 is 26.7 Å². The number of benzene rings is 1. The maximum atomic E-state index is 13.7. The van der Waals surface area contributed by atoms with Gasteiger partial charge in [-0.3, -0.25) is 0 Å². The van der Waals surface area contributed by atoms with Crippen molar-refractivity contribution in [1.29, 1.82) is 0 Å². The van der Waals surface area contributed by atoms with Crippen molar-refractivity contribution >= 4 is 33.0 Å². The van der Waals surface area contributed by atoms with Gasteiger partial charge >= 0.3 is 0 Å². The molecule has 0 radical (unpaired) electrons. The molecule has 0 spiro atoms. The van der Waals surface area contributed by atoms with Crippen molar-refractivity contribution in [3.05, 3.63) is 33.6 Å². The normalized spacial score (nSPS) is 27.5. The summed E-state index contributed by atoms with van der Waals surface area (Å²) in [4.78, 5) is 0. The lowest BCUT2D eigenvalue weighted by molar-refractivity contribution is -0.0584. The predicted molar refractivity (Wildman–Crippen MR) is 80.7 cm³/mol. The van der Waals surface area contributed by atoms with Crippen molar-refractivity contribution in [2.45, 2.75) is 18.9 Å². The second-order valence-electron chi connectivity index (χ2n) is 5.64. The largest absolute Gasteiger partial charge is 0.385 e. The van der Waals surface area contributed by atoms with Gasteiger partial charge in [0.25, 0.3) is 0 Å². The molecule has 0 aliphatic carbocycles. The van der Waals surface area contributed by atoms with E-state index in [1.54, 1.807) is 0 Å². The zero-order valence-electron chi connectivity index (χ0n) is 11.4. The van der Waals surface area contributed by atoms with Crippen LogP contribution in [-0.4, -0.2) is 31.6 Å². The first-order chi connectivity index (χ1) is 9.55. The summed E-state index contributed by atoms with van der Waals surface area (Å²) in [6, 6.07) is 2.23. The molecular weight excluding hydrogens is 340 g/mol. The zero-order chi connectivity index (χ0) is 16.1. The Kier molecular flexibility index (Phi) is 4.32. The van der Waals surface area contributed by atoms with Gasteiger partial charge in [-0.15, -0.1) is 0 Å². The molecule has 0 aromatic heterocycles. The predicted octanol–water partition coefficient (Wildman–Crippen LogP) is 2.10. The van der Waals surface area contributed by atoms with Gasteiger partial charge in [0, 0.05) is 22.5 Å². The fraction of sp³-hybridized carbons (Fsp3) is 0.538. The van der Waals surface area contributed by atoms with Crippen molar-refractivity contribution in [3.8, 4) is 0 Å². The first kappa shape index (κ1) is 17.0. The highest BCUT2D eigenvalue weighted by molar-refractivity contribution is 7.91. The summed E-state index contributed by atoms with van der Waals surface area (Å²) in [5.41, 5.74) is 3.05. The van der Waals surface area contributed by atoms with E-state index in [-0.39, 0.29) is 40.1 Å². The fourth-order valence-electron chi connectivity index (χ4n) is 2.84. The van der Waals surface area contributed by atoms with Crippen molar-refractivity contribution in [2.24, 2.45) is 11.1 Å². The third kappa shape index (κ3) is 2.80. The lowest BCUT2D eigenvalue weighted by Gasteiger charge is -2.42. The maximum Gasteiger partial charge on any atom is 0.151 e. The maximum absolute atomic E-state index is 13.7. The molecule has 0 amide bonds. The standard InChI is InChI=1S/C13H16Cl2FNO3S/c1-12(18,8-4-11(16)10(15)5-9(8)14)13(6-17)2-3-21(19,20)7-13/h4-5,18H,2-3,6-7,17H2,1H3. The Hall–Kier alpha value is -0.400. The van der Waals surface area contributed by atoms with E-state index >= 15 is 0 Å². The molecule has 2 atom stereocenters. The number of halogens is 3. The van der Waals surface area contributed by atoms with Crippen LogP contribution in [0.4, 0.5) is 4.39 Å². The van der Waals surface area contributed by atoms with Crippen LogP contribution in [0.5, 0.6) is 0 Å². The number of hydrogen-bond donors (Lipinski definition) is 2. The Morgan fingerprint density at radius 1 is 1.43 bits per heavy atom. The number of nitrogens with two attached hydrogens (primary N) is 1. The van der Waals surface area contributed by atoms with Crippen LogP contribution < -0.4 is 5.73 Å². The van der Waals surface area contributed by atoms with Crippen LogP contribution in [-0.2, 0) is 15.4 Å². The minimum Gasteiger partial charge on any atom is -0.385 e. The van der Waals surface area contributed by atoms with Crippen LogP contribution in [0.2, 0.25) is 10.0 Å². The quantitative estimate of drug-likeness (QED) is 0.813. The fourth-order valence-corrected chi connectivity index (χ4v) is 5.64. The second kappa shape index (κ2) is 5.35. The molecule has 1 aromatic carbocycles. The van der Waals surface area contributed by atoms with E-state index in [2.05, 4.69) is 0 Å². The lowest BCUT2D eigenvalue weighted by Crippen LogP contribution is -2.49. The first-order valence-corrected chi connectivity index (χ1v) is 8.90. The Morgan fingerprint density at radius 3 is 2.52 bits per heavy atom. The van der Waals surface area contributed by atoms with Gasteiger partial charge in [-0.25, -0.2) is 12.8 Å². The van der Waals surface area contributed by atoms with Gasteiger partial charge in [-0.2, -0.15) is 0 Å². The molecule has 2 unspecified atom stereocenters. The molecule has 2 rings (SSSR count). The molecule has 8 heteroatoms. The summed E-state index contributed by atoms with van der Waals surface area (Å²) < 4.78 is 37.3. The first-order valence-electron chi connectivity index (χ1n) is 6.32. The Bertz CT molecular complexity index is 678. The third-order valence-electron chi connectivity index (χ3n) is 4.35. The Morgan fingerprint density at radius 2 is 2.05 bits per heavy atom. The summed E-state index contributed by atoms with van der Waals surface area (Å²) in [6.45, 7) is 1.36. The molecule has 1 saturated heterocycles.